The molecule has 6 nitrogen and oxygen atoms in total. The lowest BCUT2D eigenvalue weighted by Crippen LogP contribution is -2.31. The van der Waals surface area contributed by atoms with E-state index in [1.807, 2.05) is 6.92 Å². The molecule has 0 aliphatic carbocycles. The van der Waals surface area contributed by atoms with Crippen molar-refractivity contribution in [1.29, 1.82) is 0 Å². The van der Waals surface area contributed by atoms with Crippen LogP contribution in [0.2, 0.25) is 0 Å². The van der Waals surface area contributed by atoms with Crippen molar-refractivity contribution in [3.63, 3.8) is 0 Å². The molecule has 2 atom stereocenters. The highest BCUT2D eigenvalue weighted by Crippen LogP contribution is 2.36. The molecule has 0 bridgehead atoms. The molecule has 1 aliphatic rings. The van der Waals surface area contributed by atoms with Crippen molar-refractivity contribution < 1.29 is 9.84 Å². The van der Waals surface area contributed by atoms with Crippen molar-refractivity contribution in [3.8, 4) is 0 Å². The number of aromatic nitrogens is 2. The van der Waals surface area contributed by atoms with Crippen molar-refractivity contribution in [1.82, 2.24) is 9.55 Å². The van der Waals surface area contributed by atoms with Gasteiger partial charge in [-0.1, -0.05) is 6.92 Å². The minimum absolute atomic E-state index is 0.0155. The maximum Gasteiger partial charge on any atom is 0.330 e. The van der Waals surface area contributed by atoms with Gasteiger partial charge in [0.25, 0.3) is 5.56 Å². The second kappa shape index (κ2) is 3.88. The molecule has 0 unspecified atom stereocenters. The monoisotopic (exact) mass is 226 g/mol. The highest BCUT2D eigenvalue weighted by Gasteiger charge is 2.36. The van der Waals surface area contributed by atoms with Gasteiger partial charge in [-0.25, -0.2) is 4.79 Å². The lowest BCUT2D eigenvalue weighted by atomic mass is 9.90. The van der Waals surface area contributed by atoms with Crippen LogP contribution in [0, 0.1) is 5.41 Å². The summed E-state index contributed by atoms with van der Waals surface area (Å²) in [5.74, 6) is 0. The second-order valence-electron chi connectivity index (χ2n) is 4.46. The first-order chi connectivity index (χ1) is 7.54. The van der Waals surface area contributed by atoms with Crippen molar-refractivity contribution in [2.75, 3.05) is 13.2 Å². The molecule has 0 aromatic carbocycles. The fourth-order valence-electron chi connectivity index (χ4n) is 1.78. The molecular formula is C10H14N2O4. The average molecular weight is 226 g/mol. The summed E-state index contributed by atoms with van der Waals surface area (Å²) in [4.78, 5) is 24.6. The van der Waals surface area contributed by atoms with E-state index in [-0.39, 0.29) is 12.0 Å². The summed E-state index contributed by atoms with van der Waals surface area (Å²) < 4.78 is 6.78. The Balaban J connectivity index is 2.27. The minimum atomic E-state index is -0.486. The summed E-state index contributed by atoms with van der Waals surface area (Å²) in [5.41, 5.74) is -1.23. The Morgan fingerprint density at radius 3 is 3.00 bits per heavy atom. The second-order valence-corrected chi connectivity index (χ2v) is 4.46. The van der Waals surface area contributed by atoms with Gasteiger partial charge in [-0.3, -0.25) is 14.3 Å². The van der Waals surface area contributed by atoms with Gasteiger partial charge >= 0.3 is 5.69 Å². The number of aromatic amines is 1. The number of H-pyrrole nitrogens is 1. The number of rotatable bonds is 2. The van der Waals surface area contributed by atoms with Crippen LogP contribution in [0.3, 0.4) is 0 Å². The molecule has 2 N–H and O–H groups in total. The third-order valence-electron chi connectivity index (χ3n) is 2.83. The van der Waals surface area contributed by atoms with Gasteiger partial charge < -0.3 is 9.84 Å². The van der Waals surface area contributed by atoms with Gasteiger partial charge in [0.15, 0.2) is 0 Å². The molecule has 88 valence electrons. The summed E-state index contributed by atoms with van der Waals surface area (Å²) in [6.45, 7) is 2.31. The number of ether oxygens (including phenoxy) is 1. The zero-order valence-corrected chi connectivity index (χ0v) is 8.97. The lowest BCUT2D eigenvalue weighted by Gasteiger charge is -2.17. The van der Waals surface area contributed by atoms with Crippen LogP contribution in [-0.2, 0) is 4.74 Å². The Hall–Kier alpha value is -1.40. The van der Waals surface area contributed by atoms with E-state index in [4.69, 9.17) is 4.74 Å². The highest BCUT2D eigenvalue weighted by atomic mass is 16.5. The number of aliphatic hydroxyl groups is 1. The van der Waals surface area contributed by atoms with Crippen LogP contribution >= 0.6 is 0 Å². The Labute approximate surface area is 91.5 Å². The van der Waals surface area contributed by atoms with Crippen LogP contribution in [0.5, 0.6) is 0 Å². The van der Waals surface area contributed by atoms with E-state index in [0.29, 0.717) is 13.0 Å². The summed E-state index contributed by atoms with van der Waals surface area (Å²) in [5, 5.41) is 9.18. The van der Waals surface area contributed by atoms with Crippen LogP contribution in [0.25, 0.3) is 0 Å². The summed E-state index contributed by atoms with van der Waals surface area (Å²) in [6.07, 6.45) is 1.55. The van der Waals surface area contributed by atoms with E-state index >= 15 is 0 Å². The molecule has 0 saturated carbocycles. The van der Waals surface area contributed by atoms with Crippen molar-refractivity contribution in [2.24, 2.45) is 5.41 Å². The third-order valence-corrected chi connectivity index (χ3v) is 2.83. The number of nitrogens with zero attached hydrogens (tertiary/aromatic N) is 1. The molecule has 1 aromatic heterocycles. The fraction of sp³-hybridized carbons (Fsp3) is 0.600. The van der Waals surface area contributed by atoms with E-state index in [1.54, 1.807) is 0 Å². The first-order valence-corrected chi connectivity index (χ1v) is 5.08. The Morgan fingerprint density at radius 1 is 1.69 bits per heavy atom. The molecule has 1 aliphatic heterocycles. The molecule has 0 spiro atoms. The standard InChI is InChI=1S/C10H14N2O4/c1-10(5-13)4-8(16-6-10)12-3-2-7(14)11-9(12)15/h2-3,8,13H,4-6H2,1H3,(H,11,14,15)/t8-,10+/m0/s1. The fourth-order valence-corrected chi connectivity index (χ4v) is 1.78. The first-order valence-electron chi connectivity index (χ1n) is 5.08. The van der Waals surface area contributed by atoms with Crippen molar-refractivity contribution in [3.05, 3.63) is 33.1 Å². The molecule has 6 heteroatoms. The molecule has 1 saturated heterocycles. The molecule has 1 aromatic rings. The van der Waals surface area contributed by atoms with E-state index in [9.17, 15) is 14.7 Å². The Morgan fingerprint density at radius 2 is 2.44 bits per heavy atom. The zero-order valence-electron chi connectivity index (χ0n) is 8.97. The summed E-state index contributed by atoms with van der Waals surface area (Å²) >= 11 is 0. The Kier molecular flexibility index (Phi) is 2.69. The minimum Gasteiger partial charge on any atom is -0.396 e. The number of hydrogen-bond donors (Lipinski definition) is 2. The largest absolute Gasteiger partial charge is 0.396 e. The van der Waals surface area contributed by atoms with Gasteiger partial charge in [-0.05, 0) is 0 Å². The predicted octanol–water partition coefficient (Wildman–Crippen LogP) is -0.546. The van der Waals surface area contributed by atoms with Gasteiger partial charge in [-0.2, -0.15) is 0 Å². The first kappa shape index (κ1) is 11.1. The SMILES string of the molecule is C[C@@]1(CO)CO[C@H](n2ccc(=O)[nH]c2=O)C1. The summed E-state index contributed by atoms with van der Waals surface area (Å²) in [7, 11) is 0. The number of nitrogens with one attached hydrogen (secondary N) is 1. The van der Waals surface area contributed by atoms with Gasteiger partial charge in [0.1, 0.15) is 6.23 Å². The van der Waals surface area contributed by atoms with Crippen LogP contribution in [0.15, 0.2) is 21.9 Å². The van der Waals surface area contributed by atoms with Gasteiger partial charge in [0.2, 0.25) is 0 Å². The average Bonchev–Trinajstić information content (AvgIpc) is 2.62. The van der Waals surface area contributed by atoms with Crippen LogP contribution < -0.4 is 11.2 Å². The van der Waals surface area contributed by atoms with E-state index in [2.05, 4.69) is 4.98 Å². The molecule has 2 heterocycles. The van der Waals surface area contributed by atoms with Crippen LogP contribution in [-0.4, -0.2) is 27.9 Å². The lowest BCUT2D eigenvalue weighted by molar-refractivity contribution is 0.0413. The molecule has 0 radical (unpaired) electrons. The molecule has 1 fully saturated rings. The molecule has 0 amide bonds. The zero-order chi connectivity index (χ0) is 11.8. The van der Waals surface area contributed by atoms with E-state index in [1.165, 1.54) is 16.8 Å². The Bertz CT molecular complexity index is 492. The van der Waals surface area contributed by atoms with Gasteiger partial charge in [0.05, 0.1) is 13.2 Å². The molecule has 2 rings (SSSR count). The number of hydrogen-bond acceptors (Lipinski definition) is 4. The van der Waals surface area contributed by atoms with Gasteiger partial charge in [0, 0.05) is 24.1 Å². The normalized spacial score (nSPS) is 29.5. The molecule has 16 heavy (non-hydrogen) atoms. The number of aliphatic hydroxyl groups excluding tert-OH is 1. The third kappa shape index (κ3) is 1.94. The summed E-state index contributed by atoms with van der Waals surface area (Å²) in [6, 6.07) is 1.28. The molecular weight excluding hydrogens is 212 g/mol. The highest BCUT2D eigenvalue weighted by molar-refractivity contribution is 4.88. The predicted molar refractivity (Wildman–Crippen MR) is 56.1 cm³/mol. The maximum absolute atomic E-state index is 11.5. The van der Waals surface area contributed by atoms with Crippen LogP contribution in [0.1, 0.15) is 19.6 Å². The van der Waals surface area contributed by atoms with Crippen LogP contribution in [0.4, 0.5) is 0 Å². The van der Waals surface area contributed by atoms with E-state index < -0.39 is 17.5 Å². The van der Waals surface area contributed by atoms with E-state index in [0.717, 1.165) is 0 Å². The quantitative estimate of drug-likeness (QED) is 0.709. The van der Waals surface area contributed by atoms with Gasteiger partial charge in [-0.15, -0.1) is 0 Å². The van der Waals surface area contributed by atoms with Crippen molar-refractivity contribution >= 4 is 0 Å². The van der Waals surface area contributed by atoms with Crippen molar-refractivity contribution in [2.45, 2.75) is 19.6 Å². The topological polar surface area (TPSA) is 84.3 Å². The smallest absolute Gasteiger partial charge is 0.330 e. The maximum atomic E-state index is 11.5.